The summed E-state index contributed by atoms with van der Waals surface area (Å²) >= 11 is 0. The fourth-order valence-electron chi connectivity index (χ4n) is 1.43. The molecule has 6 heteroatoms. The van der Waals surface area contributed by atoms with Crippen LogP contribution in [0.5, 0.6) is 5.75 Å². The van der Waals surface area contributed by atoms with Crippen molar-refractivity contribution in [1.29, 1.82) is 0 Å². The van der Waals surface area contributed by atoms with Crippen LogP contribution in [0.2, 0.25) is 0 Å². The molecule has 3 aromatic rings. The normalized spacial score (nSPS) is 11.1. The number of fused-ring (bicyclic) bond motifs is 3. The van der Waals surface area contributed by atoms with E-state index >= 15 is 0 Å². The Morgan fingerprint density at radius 1 is 1.36 bits per heavy atom. The van der Waals surface area contributed by atoms with Gasteiger partial charge in [0, 0.05) is 17.6 Å². The van der Waals surface area contributed by atoms with Crippen molar-refractivity contribution in [3.05, 3.63) is 24.5 Å². The molecule has 0 aromatic carbocycles. The molecule has 0 radical (unpaired) electrons. The van der Waals surface area contributed by atoms with E-state index in [0.29, 0.717) is 16.6 Å². The van der Waals surface area contributed by atoms with Crippen LogP contribution in [0.4, 0.5) is 0 Å². The Morgan fingerprint density at radius 3 is 3.21 bits per heavy atom. The predicted octanol–water partition coefficient (Wildman–Crippen LogP) is 0.378. The summed E-state index contributed by atoms with van der Waals surface area (Å²) in [4.78, 5) is 3.96. The van der Waals surface area contributed by atoms with Gasteiger partial charge in [0.05, 0.1) is 11.7 Å². The molecule has 0 fully saturated rings. The molecular formula is C8H5N5O. The highest BCUT2D eigenvalue weighted by atomic mass is 16.3. The third-order valence-electron chi connectivity index (χ3n) is 2.06. The Labute approximate surface area is 77.8 Å². The number of rotatable bonds is 0. The van der Waals surface area contributed by atoms with E-state index in [2.05, 4.69) is 20.5 Å². The second kappa shape index (κ2) is 2.38. The van der Waals surface area contributed by atoms with Gasteiger partial charge in [-0.15, -0.1) is 5.10 Å². The summed E-state index contributed by atoms with van der Waals surface area (Å²) in [6.07, 6.45) is 3.22. The Balaban J connectivity index is 2.67. The smallest absolute Gasteiger partial charge is 0.183 e. The van der Waals surface area contributed by atoms with E-state index in [1.54, 1.807) is 18.5 Å². The molecule has 0 saturated carbocycles. The molecule has 6 nitrogen and oxygen atoms in total. The fraction of sp³-hybridized carbons (Fsp3) is 0. The number of aromatic nitrogens is 5. The lowest BCUT2D eigenvalue weighted by atomic mass is 10.2. The predicted molar refractivity (Wildman–Crippen MR) is 47.7 cm³/mol. The molecule has 1 N–H and O–H groups in total. The van der Waals surface area contributed by atoms with Gasteiger partial charge in [-0.2, -0.15) is 4.52 Å². The van der Waals surface area contributed by atoms with Crippen molar-refractivity contribution in [3.8, 4) is 5.75 Å². The standard InChI is InChI=1S/C8H5N5O/c14-7-3-8-10-11-12-13(8)6-4-9-2-1-5(6)7/h1-4,14H. The van der Waals surface area contributed by atoms with Gasteiger partial charge in [-0.25, -0.2) is 0 Å². The van der Waals surface area contributed by atoms with Crippen LogP contribution in [-0.4, -0.2) is 30.1 Å². The third-order valence-corrected chi connectivity index (χ3v) is 2.06. The SMILES string of the molecule is Oc1cc2nnnn2c2cnccc12. The van der Waals surface area contributed by atoms with Gasteiger partial charge in [0.2, 0.25) is 0 Å². The van der Waals surface area contributed by atoms with Crippen molar-refractivity contribution in [1.82, 2.24) is 25.0 Å². The van der Waals surface area contributed by atoms with E-state index in [-0.39, 0.29) is 5.75 Å². The second-order valence-electron chi connectivity index (χ2n) is 2.87. The lowest BCUT2D eigenvalue weighted by Gasteiger charge is -2.00. The van der Waals surface area contributed by atoms with Crippen molar-refractivity contribution in [2.45, 2.75) is 0 Å². The van der Waals surface area contributed by atoms with Crippen LogP contribution in [0.15, 0.2) is 24.5 Å². The van der Waals surface area contributed by atoms with Crippen LogP contribution < -0.4 is 0 Å². The molecule has 0 spiro atoms. The minimum absolute atomic E-state index is 0.157. The van der Waals surface area contributed by atoms with Gasteiger partial charge in [0.1, 0.15) is 5.75 Å². The van der Waals surface area contributed by atoms with E-state index in [1.165, 1.54) is 10.6 Å². The molecular weight excluding hydrogens is 182 g/mol. The van der Waals surface area contributed by atoms with Gasteiger partial charge in [-0.1, -0.05) is 0 Å². The molecule has 0 atom stereocenters. The van der Waals surface area contributed by atoms with Gasteiger partial charge in [-0.3, -0.25) is 4.98 Å². The Kier molecular flexibility index (Phi) is 1.22. The summed E-state index contributed by atoms with van der Waals surface area (Å²) in [5.74, 6) is 0.157. The summed E-state index contributed by atoms with van der Waals surface area (Å²) in [6.45, 7) is 0. The second-order valence-corrected chi connectivity index (χ2v) is 2.87. The van der Waals surface area contributed by atoms with Crippen molar-refractivity contribution < 1.29 is 5.11 Å². The summed E-state index contributed by atoms with van der Waals surface area (Å²) in [5.41, 5.74) is 1.19. The Hall–Kier alpha value is -2.24. The van der Waals surface area contributed by atoms with Crippen LogP contribution in [0.25, 0.3) is 16.6 Å². The number of hydrogen-bond donors (Lipinski definition) is 1. The van der Waals surface area contributed by atoms with Gasteiger partial charge in [-0.05, 0) is 16.5 Å². The number of tetrazole rings is 1. The van der Waals surface area contributed by atoms with E-state index < -0.39 is 0 Å². The van der Waals surface area contributed by atoms with Crippen molar-refractivity contribution in [3.63, 3.8) is 0 Å². The fourth-order valence-corrected chi connectivity index (χ4v) is 1.43. The molecule has 0 aliphatic rings. The lowest BCUT2D eigenvalue weighted by molar-refractivity contribution is 0.481. The maximum atomic E-state index is 9.65. The van der Waals surface area contributed by atoms with E-state index in [1.807, 2.05) is 0 Å². The molecule has 68 valence electrons. The average molecular weight is 187 g/mol. The van der Waals surface area contributed by atoms with Crippen LogP contribution >= 0.6 is 0 Å². The molecule has 14 heavy (non-hydrogen) atoms. The summed E-state index contributed by atoms with van der Waals surface area (Å²) < 4.78 is 1.53. The zero-order chi connectivity index (χ0) is 9.54. The highest BCUT2D eigenvalue weighted by Gasteiger charge is 2.06. The van der Waals surface area contributed by atoms with Gasteiger partial charge < -0.3 is 5.11 Å². The zero-order valence-electron chi connectivity index (χ0n) is 6.99. The molecule has 3 aromatic heterocycles. The third kappa shape index (κ3) is 0.792. The number of hydrogen-bond acceptors (Lipinski definition) is 5. The molecule has 0 bridgehead atoms. The molecule has 0 saturated heterocycles. The van der Waals surface area contributed by atoms with Crippen LogP contribution in [0, 0.1) is 0 Å². The van der Waals surface area contributed by atoms with E-state index in [9.17, 15) is 5.11 Å². The molecule has 3 heterocycles. The molecule has 0 unspecified atom stereocenters. The van der Waals surface area contributed by atoms with Crippen LogP contribution in [0.3, 0.4) is 0 Å². The topological polar surface area (TPSA) is 76.2 Å². The molecule has 0 aliphatic carbocycles. The van der Waals surface area contributed by atoms with Gasteiger partial charge in [0.25, 0.3) is 0 Å². The average Bonchev–Trinajstić information content (AvgIpc) is 2.66. The minimum atomic E-state index is 0.157. The maximum absolute atomic E-state index is 9.65. The Morgan fingerprint density at radius 2 is 2.29 bits per heavy atom. The highest BCUT2D eigenvalue weighted by Crippen LogP contribution is 2.23. The maximum Gasteiger partial charge on any atom is 0.183 e. The van der Waals surface area contributed by atoms with Crippen molar-refractivity contribution in [2.75, 3.05) is 0 Å². The van der Waals surface area contributed by atoms with Gasteiger partial charge in [0.15, 0.2) is 5.65 Å². The zero-order valence-corrected chi connectivity index (χ0v) is 6.99. The first-order valence-corrected chi connectivity index (χ1v) is 4.00. The summed E-state index contributed by atoms with van der Waals surface area (Å²) in [6, 6.07) is 3.23. The van der Waals surface area contributed by atoms with E-state index in [4.69, 9.17) is 0 Å². The molecule has 0 amide bonds. The Bertz CT molecular complexity index is 617. The molecule has 0 aliphatic heterocycles. The number of aromatic hydroxyl groups is 1. The van der Waals surface area contributed by atoms with Crippen LogP contribution in [0.1, 0.15) is 0 Å². The van der Waals surface area contributed by atoms with Crippen LogP contribution in [-0.2, 0) is 0 Å². The minimum Gasteiger partial charge on any atom is -0.507 e. The lowest BCUT2D eigenvalue weighted by Crippen LogP contribution is -1.91. The summed E-state index contributed by atoms with van der Waals surface area (Å²) in [7, 11) is 0. The number of nitrogens with zero attached hydrogens (tertiary/aromatic N) is 5. The van der Waals surface area contributed by atoms with Gasteiger partial charge >= 0.3 is 0 Å². The first-order chi connectivity index (χ1) is 6.86. The first kappa shape index (κ1) is 7.19. The highest BCUT2D eigenvalue weighted by molar-refractivity contribution is 5.86. The van der Waals surface area contributed by atoms with E-state index in [0.717, 1.165) is 0 Å². The largest absolute Gasteiger partial charge is 0.507 e. The van der Waals surface area contributed by atoms with Crippen molar-refractivity contribution in [2.24, 2.45) is 0 Å². The number of pyridine rings is 2. The van der Waals surface area contributed by atoms with Crippen molar-refractivity contribution >= 4 is 16.6 Å². The quantitative estimate of drug-likeness (QED) is 0.550. The molecule has 3 rings (SSSR count). The summed E-state index contributed by atoms with van der Waals surface area (Å²) in [5, 5.41) is 21.4. The first-order valence-electron chi connectivity index (χ1n) is 4.00. The monoisotopic (exact) mass is 187 g/mol.